The molecule has 0 heterocycles. The Morgan fingerprint density at radius 1 is 1.35 bits per heavy atom. The standard InChI is InChI=1S/C14H18ClNO/c1-4-11-8-7-9-12(5-2)14(11)16(6-3)13(17)10-15/h6-9H,3-5,10H2,1-2H3. The average Bonchev–Trinajstić information content (AvgIpc) is 2.39. The van der Waals surface area contributed by atoms with Gasteiger partial charge in [0.05, 0.1) is 5.69 Å². The third-order valence-electron chi connectivity index (χ3n) is 2.77. The van der Waals surface area contributed by atoms with Gasteiger partial charge < -0.3 is 0 Å². The summed E-state index contributed by atoms with van der Waals surface area (Å²) in [5.74, 6) is -0.176. The lowest BCUT2D eigenvalue weighted by Crippen LogP contribution is -2.28. The molecule has 0 fully saturated rings. The van der Waals surface area contributed by atoms with Gasteiger partial charge in [0.2, 0.25) is 5.91 Å². The molecule has 3 heteroatoms. The van der Waals surface area contributed by atoms with Crippen molar-refractivity contribution in [2.24, 2.45) is 0 Å². The predicted molar refractivity (Wildman–Crippen MR) is 73.6 cm³/mol. The molecule has 0 saturated heterocycles. The number of carbonyl (C=O) groups is 1. The lowest BCUT2D eigenvalue weighted by Gasteiger charge is -2.23. The highest BCUT2D eigenvalue weighted by molar-refractivity contribution is 6.29. The minimum Gasteiger partial charge on any atom is -0.287 e. The first kappa shape index (κ1) is 13.8. The van der Waals surface area contributed by atoms with Crippen LogP contribution in [0.5, 0.6) is 0 Å². The smallest absolute Gasteiger partial charge is 0.245 e. The van der Waals surface area contributed by atoms with Gasteiger partial charge in [-0.2, -0.15) is 0 Å². The van der Waals surface area contributed by atoms with Crippen LogP contribution in [0, 0.1) is 0 Å². The Bertz CT molecular complexity index is 392. The van der Waals surface area contributed by atoms with Crippen molar-refractivity contribution in [2.75, 3.05) is 10.8 Å². The van der Waals surface area contributed by atoms with Gasteiger partial charge in [-0.05, 0) is 24.0 Å². The number of hydrogen-bond acceptors (Lipinski definition) is 1. The molecule has 1 aromatic rings. The fraction of sp³-hybridized carbons (Fsp3) is 0.357. The fourth-order valence-corrected chi connectivity index (χ4v) is 2.04. The molecule has 17 heavy (non-hydrogen) atoms. The third-order valence-corrected chi connectivity index (χ3v) is 3.00. The Labute approximate surface area is 108 Å². The summed E-state index contributed by atoms with van der Waals surface area (Å²) in [6.07, 6.45) is 3.30. The minimum atomic E-state index is -0.141. The van der Waals surface area contributed by atoms with Gasteiger partial charge in [-0.3, -0.25) is 9.69 Å². The van der Waals surface area contributed by atoms with E-state index in [0.717, 1.165) is 29.7 Å². The van der Waals surface area contributed by atoms with Gasteiger partial charge in [0, 0.05) is 6.20 Å². The lowest BCUT2D eigenvalue weighted by atomic mass is 10.0. The molecular formula is C14H18ClNO. The molecule has 0 N–H and O–H groups in total. The highest BCUT2D eigenvalue weighted by Crippen LogP contribution is 2.27. The highest BCUT2D eigenvalue weighted by Gasteiger charge is 2.17. The first-order valence-electron chi connectivity index (χ1n) is 5.80. The summed E-state index contributed by atoms with van der Waals surface area (Å²) in [6, 6.07) is 6.09. The Hall–Kier alpha value is -1.28. The molecule has 1 rings (SSSR count). The number of rotatable bonds is 5. The van der Waals surface area contributed by atoms with Gasteiger partial charge in [-0.15, -0.1) is 11.6 Å². The summed E-state index contributed by atoms with van der Waals surface area (Å²) in [5, 5.41) is 0. The molecule has 0 aliphatic carbocycles. The van der Waals surface area contributed by atoms with Crippen LogP contribution in [0.3, 0.4) is 0 Å². The maximum Gasteiger partial charge on any atom is 0.245 e. The van der Waals surface area contributed by atoms with E-state index in [0.29, 0.717) is 0 Å². The molecule has 0 saturated carbocycles. The van der Waals surface area contributed by atoms with Crippen molar-refractivity contribution in [2.45, 2.75) is 26.7 Å². The van der Waals surface area contributed by atoms with Crippen molar-refractivity contribution >= 4 is 23.2 Å². The number of halogens is 1. The molecule has 0 aliphatic rings. The fourth-order valence-electron chi connectivity index (χ4n) is 1.91. The third kappa shape index (κ3) is 2.89. The van der Waals surface area contributed by atoms with E-state index in [1.54, 1.807) is 11.1 Å². The van der Waals surface area contributed by atoms with Crippen molar-refractivity contribution in [1.82, 2.24) is 0 Å². The topological polar surface area (TPSA) is 20.3 Å². The summed E-state index contributed by atoms with van der Waals surface area (Å²) in [6.45, 7) is 7.85. The predicted octanol–water partition coefficient (Wildman–Crippen LogP) is 3.53. The van der Waals surface area contributed by atoms with Crippen molar-refractivity contribution < 1.29 is 4.79 Å². The molecule has 0 aromatic heterocycles. The number of carbonyl (C=O) groups excluding carboxylic acids is 1. The van der Waals surface area contributed by atoms with E-state index in [-0.39, 0.29) is 11.8 Å². The first-order chi connectivity index (χ1) is 8.19. The quantitative estimate of drug-likeness (QED) is 0.734. The second-order valence-electron chi connectivity index (χ2n) is 3.71. The summed E-state index contributed by atoms with van der Waals surface area (Å²) in [4.78, 5) is 13.4. The zero-order valence-corrected chi connectivity index (χ0v) is 11.1. The Morgan fingerprint density at radius 3 is 2.24 bits per heavy atom. The van der Waals surface area contributed by atoms with Crippen LogP contribution in [0.4, 0.5) is 5.69 Å². The lowest BCUT2D eigenvalue weighted by molar-refractivity contribution is -0.115. The Balaban J connectivity index is 3.34. The van der Waals surface area contributed by atoms with Crippen LogP contribution in [0.1, 0.15) is 25.0 Å². The SMILES string of the molecule is C=CN(C(=O)CCl)c1c(CC)cccc1CC. The van der Waals surface area contributed by atoms with Crippen LogP contribution in [-0.4, -0.2) is 11.8 Å². The van der Waals surface area contributed by atoms with Crippen LogP contribution in [0.15, 0.2) is 31.0 Å². The van der Waals surface area contributed by atoms with Crippen LogP contribution < -0.4 is 4.90 Å². The van der Waals surface area contributed by atoms with Crippen LogP contribution >= 0.6 is 11.6 Å². The van der Waals surface area contributed by atoms with Gasteiger partial charge in [0.25, 0.3) is 0 Å². The molecule has 92 valence electrons. The zero-order chi connectivity index (χ0) is 12.8. The maximum absolute atomic E-state index is 11.8. The summed E-state index contributed by atoms with van der Waals surface area (Å²) >= 11 is 5.63. The van der Waals surface area contributed by atoms with Crippen LogP contribution in [0.2, 0.25) is 0 Å². The van der Waals surface area contributed by atoms with Crippen molar-refractivity contribution in [3.05, 3.63) is 42.1 Å². The van der Waals surface area contributed by atoms with E-state index in [2.05, 4.69) is 20.4 Å². The summed E-state index contributed by atoms with van der Waals surface area (Å²) < 4.78 is 0. The molecule has 1 aromatic carbocycles. The highest BCUT2D eigenvalue weighted by atomic mass is 35.5. The van der Waals surface area contributed by atoms with Crippen LogP contribution in [-0.2, 0) is 17.6 Å². The van der Waals surface area contributed by atoms with Crippen molar-refractivity contribution in [1.29, 1.82) is 0 Å². The number of para-hydroxylation sites is 1. The molecule has 0 unspecified atom stereocenters. The normalized spacial score (nSPS) is 10.1. The largest absolute Gasteiger partial charge is 0.287 e. The second-order valence-corrected chi connectivity index (χ2v) is 3.98. The molecular weight excluding hydrogens is 234 g/mol. The number of nitrogens with zero attached hydrogens (tertiary/aromatic N) is 1. The van der Waals surface area contributed by atoms with Gasteiger partial charge in [-0.25, -0.2) is 0 Å². The maximum atomic E-state index is 11.8. The van der Waals surface area contributed by atoms with Gasteiger partial charge in [0.1, 0.15) is 5.88 Å². The van der Waals surface area contributed by atoms with Crippen molar-refractivity contribution in [3.63, 3.8) is 0 Å². The number of alkyl halides is 1. The monoisotopic (exact) mass is 251 g/mol. The Kier molecular flexibility index (Phi) is 5.23. The number of amides is 1. The van der Waals surface area contributed by atoms with Gasteiger partial charge in [-0.1, -0.05) is 38.6 Å². The summed E-state index contributed by atoms with van der Waals surface area (Å²) in [7, 11) is 0. The average molecular weight is 252 g/mol. The molecule has 1 amide bonds. The second kappa shape index (κ2) is 6.45. The van der Waals surface area contributed by atoms with E-state index >= 15 is 0 Å². The van der Waals surface area contributed by atoms with Crippen LogP contribution in [0.25, 0.3) is 0 Å². The Morgan fingerprint density at radius 2 is 1.88 bits per heavy atom. The molecule has 0 bridgehead atoms. The number of aryl methyl sites for hydroxylation is 2. The van der Waals surface area contributed by atoms with Gasteiger partial charge in [0.15, 0.2) is 0 Å². The number of anilines is 1. The van der Waals surface area contributed by atoms with E-state index in [1.165, 1.54) is 0 Å². The van der Waals surface area contributed by atoms with E-state index < -0.39 is 0 Å². The zero-order valence-electron chi connectivity index (χ0n) is 10.4. The number of hydrogen-bond donors (Lipinski definition) is 0. The molecule has 0 atom stereocenters. The molecule has 0 spiro atoms. The summed E-state index contributed by atoms with van der Waals surface area (Å²) in [5.41, 5.74) is 3.23. The molecule has 0 aliphatic heterocycles. The first-order valence-corrected chi connectivity index (χ1v) is 6.34. The minimum absolute atomic E-state index is 0.0345. The van der Waals surface area contributed by atoms with Crippen molar-refractivity contribution in [3.8, 4) is 0 Å². The molecule has 2 nitrogen and oxygen atoms in total. The van der Waals surface area contributed by atoms with Gasteiger partial charge >= 0.3 is 0 Å². The van der Waals surface area contributed by atoms with E-state index in [4.69, 9.17) is 11.6 Å². The number of benzene rings is 1. The van der Waals surface area contributed by atoms with E-state index in [9.17, 15) is 4.79 Å². The molecule has 0 radical (unpaired) electrons. The van der Waals surface area contributed by atoms with E-state index in [1.807, 2.05) is 18.2 Å².